The lowest BCUT2D eigenvalue weighted by atomic mass is 9.96. The first-order valence-corrected chi connectivity index (χ1v) is 12.9. The number of hydrogen-bond donors (Lipinski definition) is 1. The number of H-pyrrole nitrogens is 1. The van der Waals surface area contributed by atoms with Gasteiger partial charge in [0.2, 0.25) is 5.91 Å². The van der Waals surface area contributed by atoms with E-state index < -0.39 is 11.8 Å². The number of anilines is 2. The van der Waals surface area contributed by atoms with Crippen molar-refractivity contribution in [3.05, 3.63) is 108 Å². The van der Waals surface area contributed by atoms with Crippen LogP contribution in [0.3, 0.4) is 0 Å². The zero-order valence-corrected chi connectivity index (χ0v) is 21.4. The summed E-state index contributed by atoms with van der Waals surface area (Å²) in [4.78, 5) is 45.9. The SMILES string of the molecule is CC1CCc2ccccc2N1C(=O)CN1C=CN(c2ccccc2)C(=O)C(=Cc2[nH]nc3ccccc23)C1=O. The molecule has 0 fully saturated rings. The predicted octanol–water partition coefficient (Wildman–Crippen LogP) is 4.66. The number of carbonyl (C=O) groups excluding carboxylic acids is 3. The zero-order chi connectivity index (χ0) is 26.9. The minimum absolute atomic E-state index is 0.00715. The van der Waals surface area contributed by atoms with E-state index >= 15 is 0 Å². The van der Waals surface area contributed by atoms with E-state index in [9.17, 15) is 14.4 Å². The lowest BCUT2D eigenvalue weighted by molar-refractivity contribution is -0.131. The van der Waals surface area contributed by atoms with Gasteiger partial charge in [0, 0.05) is 35.2 Å². The summed E-state index contributed by atoms with van der Waals surface area (Å²) < 4.78 is 0. The molecule has 0 radical (unpaired) electrons. The molecular weight excluding hydrogens is 490 g/mol. The van der Waals surface area contributed by atoms with E-state index in [2.05, 4.69) is 10.2 Å². The van der Waals surface area contributed by atoms with Crippen molar-refractivity contribution in [2.24, 2.45) is 0 Å². The molecule has 1 atom stereocenters. The average molecular weight is 518 g/mol. The number of hydrogen-bond acceptors (Lipinski definition) is 4. The topological polar surface area (TPSA) is 89.6 Å². The number of rotatable bonds is 4. The maximum Gasteiger partial charge on any atom is 0.268 e. The Kier molecular flexibility index (Phi) is 6.28. The van der Waals surface area contributed by atoms with Gasteiger partial charge in [-0.25, -0.2) is 0 Å². The maximum atomic E-state index is 13.9. The molecule has 2 aliphatic rings. The highest BCUT2D eigenvalue weighted by molar-refractivity contribution is 6.28. The van der Waals surface area contributed by atoms with Crippen molar-refractivity contribution < 1.29 is 14.4 Å². The first-order chi connectivity index (χ1) is 19.0. The van der Waals surface area contributed by atoms with Gasteiger partial charge in [-0.15, -0.1) is 0 Å². The predicted molar refractivity (Wildman–Crippen MR) is 151 cm³/mol. The fourth-order valence-corrected chi connectivity index (χ4v) is 5.22. The van der Waals surface area contributed by atoms with Crippen molar-refractivity contribution in [1.82, 2.24) is 15.1 Å². The van der Waals surface area contributed by atoms with Gasteiger partial charge >= 0.3 is 0 Å². The summed E-state index contributed by atoms with van der Waals surface area (Å²) in [5.74, 6) is -1.26. The fraction of sp³-hybridized carbons (Fsp3) is 0.161. The Balaban J connectivity index is 1.39. The molecule has 39 heavy (non-hydrogen) atoms. The van der Waals surface area contributed by atoms with E-state index in [4.69, 9.17) is 0 Å². The van der Waals surface area contributed by atoms with Gasteiger partial charge in [-0.3, -0.25) is 24.4 Å². The van der Waals surface area contributed by atoms with Crippen molar-refractivity contribution in [3.8, 4) is 0 Å². The Morgan fingerprint density at radius 1 is 0.949 bits per heavy atom. The number of benzene rings is 3. The summed E-state index contributed by atoms with van der Waals surface area (Å²) >= 11 is 0. The number of fused-ring (bicyclic) bond motifs is 2. The Labute approximate surface area is 225 Å². The number of amides is 3. The van der Waals surface area contributed by atoms with Crippen LogP contribution in [0.2, 0.25) is 0 Å². The van der Waals surface area contributed by atoms with Crippen LogP contribution < -0.4 is 9.80 Å². The average Bonchev–Trinajstić information content (AvgIpc) is 3.33. The number of nitrogens with zero attached hydrogens (tertiary/aromatic N) is 4. The summed E-state index contributed by atoms with van der Waals surface area (Å²) in [5, 5.41) is 8.02. The van der Waals surface area contributed by atoms with Gasteiger partial charge in [0.15, 0.2) is 0 Å². The molecule has 0 bridgehead atoms. The summed E-state index contributed by atoms with van der Waals surface area (Å²) in [5.41, 5.74) is 3.78. The number of aryl methyl sites for hydroxylation is 1. The number of carbonyl (C=O) groups is 3. The van der Waals surface area contributed by atoms with E-state index in [0.717, 1.165) is 35.0 Å². The normalized spacial score (nSPS) is 18.5. The van der Waals surface area contributed by atoms with E-state index in [-0.39, 0.29) is 24.1 Å². The monoisotopic (exact) mass is 517 g/mol. The molecule has 2 aliphatic heterocycles. The number of para-hydroxylation sites is 3. The molecular formula is C31H27N5O3. The van der Waals surface area contributed by atoms with E-state index in [1.165, 1.54) is 22.1 Å². The third kappa shape index (κ3) is 4.50. The molecule has 0 aliphatic carbocycles. The van der Waals surface area contributed by atoms with Crippen molar-refractivity contribution in [3.63, 3.8) is 0 Å². The van der Waals surface area contributed by atoms with Crippen molar-refractivity contribution in [1.29, 1.82) is 0 Å². The first-order valence-electron chi connectivity index (χ1n) is 12.9. The van der Waals surface area contributed by atoms with Gasteiger partial charge in [-0.1, -0.05) is 54.6 Å². The van der Waals surface area contributed by atoms with E-state index in [0.29, 0.717) is 11.4 Å². The number of aromatic nitrogens is 2. The van der Waals surface area contributed by atoms with Crippen LogP contribution in [-0.2, 0) is 20.8 Å². The van der Waals surface area contributed by atoms with Crippen LogP contribution in [-0.4, -0.2) is 45.4 Å². The van der Waals surface area contributed by atoms with Gasteiger partial charge in [0.05, 0.1) is 11.2 Å². The lowest BCUT2D eigenvalue weighted by Crippen LogP contribution is -2.47. The highest BCUT2D eigenvalue weighted by atomic mass is 16.2. The van der Waals surface area contributed by atoms with Gasteiger partial charge in [-0.2, -0.15) is 5.10 Å². The minimum atomic E-state index is -0.556. The highest BCUT2D eigenvalue weighted by Crippen LogP contribution is 2.31. The van der Waals surface area contributed by atoms with E-state index in [1.807, 2.05) is 73.7 Å². The largest absolute Gasteiger partial charge is 0.308 e. The molecule has 0 saturated carbocycles. The van der Waals surface area contributed by atoms with Crippen LogP contribution in [0.5, 0.6) is 0 Å². The van der Waals surface area contributed by atoms with Crippen molar-refractivity contribution >= 4 is 46.1 Å². The molecule has 0 saturated heterocycles. The van der Waals surface area contributed by atoms with Crippen molar-refractivity contribution in [2.45, 2.75) is 25.8 Å². The Hall–Kier alpha value is -4.98. The molecule has 1 aromatic heterocycles. The third-order valence-corrected chi connectivity index (χ3v) is 7.25. The smallest absolute Gasteiger partial charge is 0.268 e. The Morgan fingerprint density at radius 2 is 1.69 bits per heavy atom. The molecule has 4 aromatic rings. The molecule has 3 amide bonds. The maximum absolute atomic E-state index is 13.9. The molecule has 1 unspecified atom stereocenters. The summed E-state index contributed by atoms with van der Waals surface area (Å²) in [7, 11) is 0. The van der Waals surface area contributed by atoms with Crippen LogP contribution in [0, 0.1) is 0 Å². The Morgan fingerprint density at radius 3 is 2.54 bits per heavy atom. The van der Waals surface area contributed by atoms with Gasteiger partial charge in [0.1, 0.15) is 12.1 Å². The van der Waals surface area contributed by atoms with Gasteiger partial charge < -0.3 is 9.80 Å². The molecule has 3 aromatic carbocycles. The van der Waals surface area contributed by atoms with Gasteiger partial charge in [-0.05, 0) is 55.7 Å². The number of nitrogens with one attached hydrogen (secondary N) is 1. The summed E-state index contributed by atoms with van der Waals surface area (Å²) in [6.07, 6.45) is 6.32. The molecule has 3 heterocycles. The third-order valence-electron chi connectivity index (χ3n) is 7.25. The van der Waals surface area contributed by atoms with Crippen LogP contribution in [0.1, 0.15) is 24.6 Å². The second-order valence-electron chi connectivity index (χ2n) is 9.73. The van der Waals surface area contributed by atoms with E-state index in [1.54, 1.807) is 23.2 Å². The number of aromatic amines is 1. The van der Waals surface area contributed by atoms with Gasteiger partial charge in [0.25, 0.3) is 11.8 Å². The quantitative estimate of drug-likeness (QED) is 0.315. The molecule has 194 valence electrons. The molecule has 0 spiro atoms. The summed E-state index contributed by atoms with van der Waals surface area (Å²) in [6, 6.07) is 24.4. The lowest BCUT2D eigenvalue weighted by Gasteiger charge is -2.36. The molecule has 8 heteroatoms. The molecule has 1 N–H and O–H groups in total. The fourth-order valence-electron chi connectivity index (χ4n) is 5.22. The van der Waals surface area contributed by atoms with Crippen LogP contribution in [0.25, 0.3) is 17.0 Å². The second-order valence-corrected chi connectivity index (χ2v) is 9.73. The van der Waals surface area contributed by atoms with Crippen LogP contribution in [0.4, 0.5) is 11.4 Å². The standard InChI is InChI=1S/C31H27N5O3/c1-21-15-16-22-9-5-8-14-28(22)36(21)29(37)20-34-17-18-35(23-10-3-2-4-11-23)31(39)25(30(34)38)19-27-24-12-6-7-13-26(24)32-33-27/h2-14,17-19,21H,15-16,20H2,1H3,(H,32,33). The Bertz CT molecular complexity index is 1640. The zero-order valence-electron chi connectivity index (χ0n) is 21.4. The van der Waals surface area contributed by atoms with Crippen LogP contribution in [0.15, 0.2) is 96.8 Å². The highest BCUT2D eigenvalue weighted by Gasteiger charge is 2.34. The minimum Gasteiger partial charge on any atom is -0.308 e. The first kappa shape index (κ1) is 24.4. The molecule has 8 nitrogen and oxygen atoms in total. The van der Waals surface area contributed by atoms with Crippen LogP contribution >= 0.6 is 0 Å². The van der Waals surface area contributed by atoms with Crippen molar-refractivity contribution in [2.75, 3.05) is 16.3 Å². The summed E-state index contributed by atoms with van der Waals surface area (Å²) in [6.45, 7) is 1.81. The second kappa shape index (κ2) is 10.1. The molecule has 6 rings (SSSR count).